The molecule has 1 rings (SSSR count). The van der Waals surface area contributed by atoms with Gasteiger partial charge in [0.05, 0.1) is 12.7 Å². The molecule has 1 aromatic rings. The van der Waals surface area contributed by atoms with Gasteiger partial charge in [0, 0.05) is 0 Å². The van der Waals surface area contributed by atoms with Gasteiger partial charge in [0.15, 0.2) is 0 Å². The van der Waals surface area contributed by atoms with Gasteiger partial charge in [0.2, 0.25) is 0 Å². The summed E-state index contributed by atoms with van der Waals surface area (Å²) in [4.78, 5) is 0. The van der Waals surface area contributed by atoms with Gasteiger partial charge in [-0.1, -0.05) is 20.3 Å². The van der Waals surface area contributed by atoms with Crippen molar-refractivity contribution in [1.29, 1.82) is 0 Å². The Hall–Kier alpha value is -1.02. The highest BCUT2D eigenvalue weighted by atomic mass is 16.5. The Balaban J connectivity index is 3.25. The highest BCUT2D eigenvalue weighted by Crippen LogP contribution is 2.35. The third-order valence-corrected chi connectivity index (χ3v) is 3.49. The SMILES string of the molecule is CCCC(O)(CC)c1cc(C)c(OC)cc1C. The summed E-state index contributed by atoms with van der Waals surface area (Å²) in [5.41, 5.74) is 2.53. The molecule has 0 saturated heterocycles. The van der Waals surface area contributed by atoms with E-state index in [2.05, 4.69) is 13.0 Å². The minimum atomic E-state index is -0.699. The van der Waals surface area contributed by atoms with Gasteiger partial charge in [0.1, 0.15) is 5.75 Å². The molecule has 1 N–H and O–H groups in total. The monoisotopic (exact) mass is 236 g/mol. The summed E-state index contributed by atoms with van der Waals surface area (Å²) in [7, 11) is 1.68. The first kappa shape index (κ1) is 14.0. The molecule has 0 spiro atoms. The molecule has 1 aromatic carbocycles. The molecule has 0 radical (unpaired) electrons. The summed E-state index contributed by atoms with van der Waals surface area (Å²) in [5.74, 6) is 0.890. The molecule has 0 amide bonds. The number of hydrogen-bond donors (Lipinski definition) is 1. The van der Waals surface area contributed by atoms with E-state index in [1.54, 1.807) is 7.11 Å². The highest BCUT2D eigenvalue weighted by Gasteiger charge is 2.28. The van der Waals surface area contributed by atoms with E-state index in [1.165, 1.54) is 0 Å². The molecule has 2 nitrogen and oxygen atoms in total. The minimum Gasteiger partial charge on any atom is -0.496 e. The lowest BCUT2D eigenvalue weighted by atomic mass is 9.83. The van der Waals surface area contributed by atoms with Gasteiger partial charge in [-0.2, -0.15) is 0 Å². The second kappa shape index (κ2) is 5.54. The van der Waals surface area contributed by atoms with Crippen molar-refractivity contribution in [3.8, 4) is 5.75 Å². The van der Waals surface area contributed by atoms with Crippen molar-refractivity contribution in [2.75, 3.05) is 7.11 Å². The molecule has 96 valence electrons. The normalized spacial score (nSPS) is 14.5. The molecule has 0 aliphatic heterocycles. The van der Waals surface area contributed by atoms with E-state index in [0.29, 0.717) is 0 Å². The molecule has 1 unspecified atom stereocenters. The molecular weight excluding hydrogens is 212 g/mol. The second-order valence-corrected chi connectivity index (χ2v) is 4.77. The summed E-state index contributed by atoms with van der Waals surface area (Å²) in [6, 6.07) is 4.08. The lowest BCUT2D eigenvalue weighted by Crippen LogP contribution is -2.25. The number of rotatable bonds is 5. The smallest absolute Gasteiger partial charge is 0.122 e. The Morgan fingerprint density at radius 2 is 1.82 bits per heavy atom. The minimum absolute atomic E-state index is 0.699. The zero-order valence-corrected chi connectivity index (χ0v) is 11.6. The Kier molecular flexibility index (Phi) is 4.58. The number of aliphatic hydroxyl groups is 1. The van der Waals surface area contributed by atoms with Crippen LogP contribution >= 0.6 is 0 Å². The van der Waals surface area contributed by atoms with Gasteiger partial charge >= 0.3 is 0 Å². The zero-order valence-electron chi connectivity index (χ0n) is 11.6. The molecule has 0 fully saturated rings. The summed E-state index contributed by atoms with van der Waals surface area (Å²) in [5, 5.41) is 10.7. The van der Waals surface area contributed by atoms with Crippen molar-refractivity contribution < 1.29 is 9.84 Å². The quantitative estimate of drug-likeness (QED) is 0.844. The Bertz CT molecular complexity index is 385. The molecule has 0 aromatic heterocycles. The Labute approximate surface area is 105 Å². The number of methoxy groups -OCH3 is 1. The summed E-state index contributed by atoms with van der Waals surface area (Å²) >= 11 is 0. The van der Waals surface area contributed by atoms with E-state index in [9.17, 15) is 5.11 Å². The van der Waals surface area contributed by atoms with Gasteiger partial charge in [-0.3, -0.25) is 0 Å². The molecule has 2 heteroatoms. The summed E-state index contributed by atoms with van der Waals surface area (Å²) < 4.78 is 5.31. The summed E-state index contributed by atoms with van der Waals surface area (Å²) in [6.45, 7) is 8.19. The largest absolute Gasteiger partial charge is 0.496 e. The van der Waals surface area contributed by atoms with E-state index in [1.807, 2.05) is 26.8 Å². The van der Waals surface area contributed by atoms with Crippen LogP contribution in [0, 0.1) is 13.8 Å². The number of hydrogen-bond acceptors (Lipinski definition) is 2. The molecule has 0 saturated carbocycles. The fourth-order valence-electron chi connectivity index (χ4n) is 2.43. The number of ether oxygens (including phenoxy) is 1. The molecule has 0 aliphatic rings. The third kappa shape index (κ3) is 2.81. The first-order chi connectivity index (χ1) is 7.98. The van der Waals surface area contributed by atoms with Crippen molar-refractivity contribution in [2.24, 2.45) is 0 Å². The third-order valence-electron chi connectivity index (χ3n) is 3.49. The maximum Gasteiger partial charge on any atom is 0.122 e. The van der Waals surface area contributed by atoms with Gasteiger partial charge < -0.3 is 9.84 Å². The van der Waals surface area contributed by atoms with Crippen molar-refractivity contribution in [3.05, 3.63) is 28.8 Å². The van der Waals surface area contributed by atoms with Gasteiger partial charge in [0.25, 0.3) is 0 Å². The second-order valence-electron chi connectivity index (χ2n) is 4.77. The first-order valence-corrected chi connectivity index (χ1v) is 6.36. The topological polar surface area (TPSA) is 29.5 Å². The first-order valence-electron chi connectivity index (χ1n) is 6.36. The highest BCUT2D eigenvalue weighted by molar-refractivity contribution is 5.44. The van der Waals surface area contributed by atoms with Gasteiger partial charge in [-0.25, -0.2) is 0 Å². The van der Waals surface area contributed by atoms with Crippen molar-refractivity contribution >= 4 is 0 Å². The number of benzene rings is 1. The maximum atomic E-state index is 10.7. The van der Waals surface area contributed by atoms with Gasteiger partial charge in [-0.05, 0) is 55.5 Å². The van der Waals surface area contributed by atoms with Crippen LogP contribution < -0.4 is 4.74 Å². The van der Waals surface area contributed by atoms with E-state index in [0.717, 1.165) is 41.7 Å². The van der Waals surface area contributed by atoms with Crippen LogP contribution in [0.1, 0.15) is 49.8 Å². The fraction of sp³-hybridized carbons (Fsp3) is 0.600. The standard InChI is InChI=1S/C15H24O2/c1-6-8-15(16,7-2)13-9-12(4)14(17-5)10-11(13)3/h9-10,16H,6-8H2,1-5H3. The van der Waals surface area contributed by atoms with Gasteiger partial charge in [-0.15, -0.1) is 0 Å². The lowest BCUT2D eigenvalue weighted by molar-refractivity contribution is 0.0219. The average Bonchev–Trinajstić information content (AvgIpc) is 2.31. The van der Waals surface area contributed by atoms with Crippen molar-refractivity contribution in [2.45, 2.75) is 52.6 Å². The van der Waals surface area contributed by atoms with Crippen LogP contribution in [0.25, 0.3) is 0 Å². The van der Waals surface area contributed by atoms with Crippen LogP contribution in [-0.4, -0.2) is 12.2 Å². The molecule has 17 heavy (non-hydrogen) atoms. The van der Waals surface area contributed by atoms with E-state index >= 15 is 0 Å². The van der Waals surface area contributed by atoms with Crippen LogP contribution in [0.4, 0.5) is 0 Å². The van der Waals surface area contributed by atoms with Crippen LogP contribution in [-0.2, 0) is 5.60 Å². The Morgan fingerprint density at radius 1 is 1.18 bits per heavy atom. The molecular formula is C15H24O2. The lowest BCUT2D eigenvalue weighted by Gasteiger charge is -2.29. The molecule has 0 bridgehead atoms. The fourth-order valence-corrected chi connectivity index (χ4v) is 2.43. The Morgan fingerprint density at radius 3 is 2.29 bits per heavy atom. The van der Waals surface area contributed by atoms with E-state index in [4.69, 9.17) is 4.74 Å². The van der Waals surface area contributed by atoms with Crippen molar-refractivity contribution in [3.63, 3.8) is 0 Å². The molecule has 0 aliphatic carbocycles. The maximum absolute atomic E-state index is 10.7. The van der Waals surface area contributed by atoms with E-state index < -0.39 is 5.60 Å². The zero-order chi connectivity index (χ0) is 13.1. The summed E-state index contributed by atoms with van der Waals surface area (Å²) in [6.07, 6.45) is 2.53. The van der Waals surface area contributed by atoms with E-state index in [-0.39, 0.29) is 0 Å². The molecule has 1 atom stereocenters. The van der Waals surface area contributed by atoms with Crippen LogP contribution in [0.3, 0.4) is 0 Å². The van der Waals surface area contributed by atoms with Crippen LogP contribution in [0.15, 0.2) is 12.1 Å². The average molecular weight is 236 g/mol. The molecule has 0 heterocycles. The predicted octanol–water partition coefficient (Wildman–Crippen LogP) is 3.71. The predicted molar refractivity (Wildman–Crippen MR) is 71.6 cm³/mol. The van der Waals surface area contributed by atoms with Crippen molar-refractivity contribution in [1.82, 2.24) is 0 Å². The number of aryl methyl sites for hydroxylation is 2. The van der Waals surface area contributed by atoms with Crippen LogP contribution in [0.5, 0.6) is 5.75 Å². The van der Waals surface area contributed by atoms with Crippen LogP contribution in [0.2, 0.25) is 0 Å².